The van der Waals surface area contributed by atoms with Gasteiger partial charge in [0, 0.05) is 0 Å². The van der Waals surface area contributed by atoms with E-state index in [0.29, 0.717) is 0 Å². The van der Waals surface area contributed by atoms with Crippen LogP contribution in [0.5, 0.6) is 0 Å². The summed E-state index contributed by atoms with van der Waals surface area (Å²) >= 11 is 0. The highest BCUT2D eigenvalue weighted by molar-refractivity contribution is 5.30. The molecular formula is C8H3F13. The van der Waals surface area contributed by atoms with Gasteiger partial charge in [0.05, 0.1) is 0 Å². The number of halogens is 13. The Labute approximate surface area is 106 Å². The summed E-state index contributed by atoms with van der Waals surface area (Å²) < 4.78 is 166. The summed E-state index contributed by atoms with van der Waals surface area (Å²) in [5.41, 5.74) is -13.8. The molecule has 13 heteroatoms. The molecule has 0 aliphatic heterocycles. The zero-order chi connectivity index (χ0) is 17.5. The van der Waals surface area contributed by atoms with Crippen LogP contribution in [0.1, 0.15) is 6.92 Å². The quantitative estimate of drug-likeness (QED) is 0.565. The first-order valence-corrected chi connectivity index (χ1v) is 4.71. The van der Waals surface area contributed by atoms with E-state index >= 15 is 0 Å². The second-order valence-corrected chi connectivity index (χ2v) is 4.46. The molecule has 0 aromatic rings. The van der Waals surface area contributed by atoms with Crippen molar-refractivity contribution in [3.63, 3.8) is 0 Å². The van der Waals surface area contributed by atoms with Crippen molar-refractivity contribution < 1.29 is 57.1 Å². The lowest BCUT2D eigenvalue weighted by molar-refractivity contribution is -0.494. The van der Waals surface area contributed by atoms with Crippen LogP contribution in [0.25, 0.3) is 0 Å². The molecule has 126 valence electrons. The van der Waals surface area contributed by atoms with Gasteiger partial charge < -0.3 is 0 Å². The maximum absolute atomic E-state index is 13.3. The van der Waals surface area contributed by atoms with E-state index in [9.17, 15) is 57.1 Å². The van der Waals surface area contributed by atoms with Crippen molar-refractivity contribution in [3.05, 3.63) is 0 Å². The minimum absolute atomic E-state index is 1.21. The summed E-state index contributed by atoms with van der Waals surface area (Å²) in [5.74, 6) is -29.2. The molecule has 0 bridgehead atoms. The zero-order valence-corrected chi connectivity index (χ0v) is 9.41. The first kappa shape index (κ1) is 18.1. The van der Waals surface area contributed by atoms with E-state index in [0.717, 1.165) is 0 Å². The van der Waals surface area contributed by atoms with Crippen molar-refractivity contribution in [2.45, 2.75) is 48.1 Å². The second kappa shape index (κ2) is 3.70. The van der Waals surface area contributed by atoms with Crippen molar-refractivity contribution in [1.82, 2.24) is 0 Å². The van der Waals surface area contributed by atoms with Crippen LogP contribution in [-0.4, -0.2) is 41.2 Å². The molecule has 0 aromatic carbocycles. The lowest BCUT2D eigenvalue weighted by atomic mass is 9.67. The summed E-state index contributed by atoms with van der Waals surface area (Å²) in [5, 5.41) is 0. The van der Waals surface area contributed by atoms with Gasteiger partial charge in [-0.1, -0.05) is 0 Å². The van der Waals surface area contributed by atoms with E-state index in [4.69, 9.17) is 0 Å². The maximum Gasteiger partial charge on any atom is 0.435 e. The average Bonchev–Trinajstić information content (AvgIpc) is 2.23. The molecule has 2 unspecified atom stereocenters. The Balaban J connectivity index is 3.93. The van der Waals surface area contributed by atoms with Crippen molar-refractivity contribution in [1.29, 1.82) is 0 Å². The highest BCUT2D eigenvalue weighted by Crippen LogP contribution is 2.71. The van der Waals surface area contributed by atoms with Crippen LogP contribution < -0.4 is 0 Å². The summed E-state index contributed by atoms with van der Waals surface area (Å²) in [7, 11) is 0. The second-order valence-electron chi connectivity index (χ2n) is 4.46. The smallest absolute Gasteiger partial charge is 0.230 e. The lowest BCUT2D eigenvalue weighted by Crippen LogP contribution is -2.87. The highest BCUT2D eigenvalue weighted by Gasteiger charge is 3.03. The van der Waals surface area contributed by atoms with E-state index in [1.54, 1.807) is 0 Å². The Hall–Kier alpha value is -0.910. The molecule has 2 atom stereocenters. The Kier molecular flexibility index (Phi) is 3.20. The van der Waals surface area contributed by atoms with E-state index in [-0.39, 0.29) is 0 Å². The zero-order valence-electron chi connectivity index (χ0n) is 9.41. The normalized spacial score (nSPS) is 40.9. The fraction of sp³-hybridized carbons (Fsp3) is 1.00. The molecular weight excluding hydrogens is 343 g/mol. The van der Waals surface area contributed by atoms with Gasteiger partial charge in [-0.15, -0.1) is 0 Å². The molecule has 1 aliphatic carbocycles. The molecule has 0 amide bonds. The Morgan fingerprint density at radius 3 is 1.14 bits per heavy atom. The third-order valence-corrected chi connectivity index (χ3v) is 3.22. The van der Waals surface area contributed by atoms with Gasteiger partial charge >= 0.3 is 35.5 Å². The lowest BCUT2D eigenvalue weighted by Gasteiger charge is -2.54. The number of rotatable bonds is 0. The molecule has 0 N–H and O–H groups in total. The molecule has 0 radical (unpaired) electrons. The van der Waals surface area contributed by atoms with Gasteiger partial charge in [0.15, 0.2) is 0 Å². The van der Waals surface area contributed by atoms with Gasteiger partial charge in [0.2, 0.25) is 5.67 Å². The van der Waals surface area contributed by atoms with Crippen LogP contribution in [0.4, 0.5) is 57.1 Å². The molecule has 0 spiro atoms. The minimum atomic E-state index is -7.63. The Morgan fingerprint density at radius 1 is 0.524 bits per heavy atom. The van der Waals surface area contributed by atoms with Crippen molar-refractivity contribution >= 4 is 0 Å². The Morgan fingerprint density at radius 2 is 0.857 bits per heavy atom. The molecule has 0 saturated heterocycles. The molecule has 0 nitrogen and oxygen atoms in total. The van der Waals surface area contributed by atoms with Crippen LogP contribution >= 0.6 is 0 Å². The van der Waals surface area contributed by atoms with Gasteiger partial charge in [-0.05, 0) is 6.92 Å². The predicted molar refractivity (Wildman–Crippen MR) is 39.2 cm³/mol. The third kappa shape index (κ3) is 1.45. The maximum atomic E-state index is 13.3. The number of hydrogen-bond donors (Lipinski definition) is 0. The van der Waals surface area contributed by atoms with Gasteiger partial charge in [-0.25, -0.2) is 8.78 Å². The van der Waals surface area contributed by atoms with Crippen molar-refractivity contribution in [3.8, 4) is 0 Å². The fourth-order valence-corrected chi connectivity index (χ4v) is 1.78. The van der Waals surface area contributed by atoms with E-state index in [1.165, 1.54) is 0 Å². The summed E-state index contributed by atoms with van der Waals surface area (Å²) in [6.07, 6.45) is -7.46. The molecule has 1 saturated carbocycles. The van der Waals surface area contributed by atoms with Crippen LogP contribution in [0.15, 0.2) is 0 Å². The van der Waals surface area contributed by atoms with Crippen LogP contribution in [0.3, 0.4) is 0 Å². The van der Waals surface area contributed by atoms with E-state index in [2.05, 4.69) is 0 Å². The monoisotopic (exact) mass is 346 g/mol. The summed E-state index contributed by atoms with van der Waals surface area (Å²) in [6.45, 7) is -1.21. The number of hydrogen-bond acceptors (Lipinski definition) is 0. The largest absolute Gasteiger partial charge is 0.435 e. The van der Waals surface area contributed by atoms with Crippen LogP contribution in [0, 0.1) is 0 Å². The van der Waals surface area contributed by atoms with Gasteiger partial charge in [-0.2, -0.15) is 48.3 Å². The number of alkyl halides is 13. The summed E-state index contributed by atoms with van der Waals surface area (Å²) in [6, 6.07) is 0. The third-order valence-electron chi connectivity index (χ3n) is 3.22. The average molecular weight is 346 g/mol. The van der Waals surface area contributed by atoms with E-state index in [1.807, 2.05) is 0 Å². The Bertz CT molecular complexity index is 412. The molecule has 1 aliphatic rings. The molecule has 1 fully saturated rings. The van der Waals surface area contributed by atoms with Gasteiger partial charge in [-0.3, -0.25) is 0 Å². The molecule has 0 aromatic heterocycles. The predicted octanol–water partition coefficient (Wildman–Crippen LogP) is 4.54. The minimum Gasteiger partial charge on any atom is -0.230 e. The first-order valence-electron chi connectivity index (χ1n) is 4.71. The molecule has 0 heterocycles. The first-order chi connectivity index (χ1) is 8.75. The summed E-state index contributed by atoms with van der Waals surface area (Å²) in [4.78, 5) is 0. The SMILES string of the molecule is CC1(F)C(F)(F)C(F)(F)C(F)(F)C(F)(C(F)(F)F)C1(F)F. The van der Waals surface area contributed by atoms with Gasteiger partial charge in [0.1, 0.15) is 0 Å². The molecule has 21 heavy (non-hydrogen) atoms. The van der Waals surface area contributed by atoms with Crippen molar-refractivity contribution in [2.75, 3.05) is 0 Å². The van der Waals surface area contributed by atoms with Crippen LogP contribution in [0.2, 0.25) is 0 Å². The topological polar surface area (TPSA) is 0 Å². The van der Waals surface area contributed by atoms with Crippen LogP contribution in [-0.2, 0) is 0 Å². The van der Waals surface area contributed by atoms with Crippen molar-refractivity contribution in [2.24, 2.45) is 0 Å². The van der Waals surface area contributed by atoms with Gasteiger partial charge in [0.25, 0.3) is 0 Å². The molecule has 1 rings (SSSR count). The van der Waals surface area contributed by atoms with E-state index < -0.39 is 48.1 Å². The standard InChI is InChI=1S/C8H3F13/c1-2(9)4(11,12)3(10,8(19,20)21)6(15,16)7(17,18)5(2,13)14/h1H3. The fourth-order valence-electron chi connectivity index (χ4n) is 1.78. The highest BCUT2D eigenvalue weighted by atomic mass is 19.4.